The Hall–Kier alpha value is -3.36. The Morgan fingerprint density at radius 1 is 1.10 bits per heavy atom. The highest BCUT2D eigenvalue weighted by Gasteiger charge is 2.17. The molecule has 0 fully saturated rings. The van der Waals surface area contributed by atoms with E-state index in [9.17, 15) is 9.59 Å². The minimum Gasteiger partial charge on any atom is -0.491 e. The number of nitrogens with one attached hydrogen (secondary N) is 2. The molecule has 8 heteroatoms. The number of benzene rings is 2. The lowest BCUT2D eigenvalue weighted by atomic mass is 10.0. The van der Waals surface area contributed by atoms with Gasteiger partial charge >= 0.3 is 6.09 Å². The van der Waals surface area contributed by atoms with E-state index in [-0.39, 0.29) is 13.2 Å². The normalized spacial score (nSPS) is 11.7. The van der Waals surface area contributed by atoms with Gasteiger partial charge in [-0.3, -0.25) is 15.3 Å². The molecule has 8 nitrogen and oxygen atoms in total. The largest absolute Gasteiger partial charge is 0.491 e. The molecular formula is C22H26N2O6. The van der Waals surface area contributed by atoms with Crippen LogP contribution in [0.2, 0.25) is 0 Å². The lowest BCUT2D eigenvalue weighted by Gasteiger charge is -2.19. The number of aliphatic hydroxyl groups is 1. The molecule has 4 N–H and O–H groups in total. The van der Waals surface area contributed by atoms with Gasteiger partial charge in [0.15, 0.2) is 0 Å². The number of allylic oxidation sites excluding steroid dienone is 1. The zero-order chi connectivity index (χ0) is 21.6. The van der Waals surface area contributed by atoms with Gasteiger partial charge in [0, 0.05) is 11.8 Å². The molecule has 0 heterocycles. The maximum atomic E-state index is 12.4. The number of rotatable bonds is 11. The van der Waals surface area contributed by atoms with Crippen molar-refractivity contribution in [3.8, 4) is 5.75 Å². The van der Waals surface area contributed by atoms with Crippen molar-refractivity contribution in [2.24, 2.45) is 0 Å². The van der Waals surface area contributed by atoms with Gasteiger partial charge in [-0.1, -0.05) is 36.4 Å². The minimum atomic E-state index is -0.598. The second kappa shape index (κ2) is 13.0. The molecule has 160 valence electrons. The lowest BCUT2D eigenvalue weighted by molar-refractivity contribution is -0.124. The van der Waals surface area contributed by atoms with Crippen LogP contribution in [0.5, 0.6) is 5.75 Å². The molecule has 2 aromatic rings. The first kappa shape index (κ1) is 22.9. The highest BCUT2D eigenvalue weighted by molar-refractivity contribution is 5.86. The van der Waals surface area contributed by atoms with Crippen molar-refractivity contribution in [1.29, 1.82) is 0 Å². The van der Waals surface area contributed by atoms with Crippen molar-refractivity contribution < 1.29 is 29.4 Å². The van der Waals surface area contributed by atoms with Crippen molar-refractivity contribution >= 4 is 17.7 Å². The monoisotopic (exact) mass is 414 g/mol. The number of aliphatic hydroxyl groups excluding tert-OH is 1. The predicted molar refractivity (Wildman–Crippen MR) is 111 cm³/mol. The lowest BCUT2D eigenvalue weighted by Crippen LogP contribution is -2.18. The number of para-hydroxylation sites is 1. The standard InChI is InChI=1S/C22H26N2O6/c25-14-15-29-19-11-7-8-17(16-19)20(12-5-2-6-13-21(26)24-28)30-22(27)23-18-9-3-1-4-10-18/h1,3-4,6-11,13,16,20,25,28H,2,5,12,14-15H2,(H,23,27)(H,24,26)/b13-6+/t20-/m1/s1. The van der Waals surface area contributed by atoms with E-state index < -0.39 is 18.1 Å². The summed E-state index contributed by atoms with van der Waals surface area (Å²) in [6.45, 7) is 0.0680. The number of carbonyl (C=O) groups is 2. The van der Waals surface area contributed by atoms with E-state index in [1.165, 1.54) is 11.6 Å². The average Bonchev–Trinajstić information content (AvgIpc) is 2.77. The summed E-state index contributed by atoms with van der Waals surface area (Å²) < 4.78 is 11.1. The molecule has 2 rings (SSSR count). The molecule has 0 bridgehead atoms. The van der Waals surface area contributed by atoms with Gasteiger partial charge in [0.05, 0.1) is 6.61 Å². The minimum absolute atomic E-state index is 0.0998. The highest BCUT2D eigenvalue weighted by atomic mass is 16.6. The smallest absolute Gasteiger partial charge is 0.412 e. The maximum absolute atomic E-state index is 12.4. The zero-order valence-corrected chi connectivity index (χ0v) is 16.5. The maximum Gasteiger partial charge on any atom is 0.412 e. The molecule has 2 amide bonds. The van der Waals surface area contributed by atoms with E-state index in [0.717, 1.165) is 5.56 Å². The summed E-state index contributed by atoms with van der Waals surface area (Å²) >= 11 is 0. The first-order chi connectivity index (χ1) is 14.6. The van der Waals surface area contributed by atoms with E-state index in [4.69, 9.17) is 19.8 Å². The predicted octanol–water partition coefficient (Wildman–Crippen LogP) is 3.58. The van der Waals surface area contributed by atoms with Gasteiger partial charge in [-0.2, -0.15) is 0 Å². The second-order valence-corrected chi connectivity index (χ2v) is 6.34. The van der Waals surface area contributed by atoms with Gasteiger partial charge < -0.3 is 14.6 Å². The number of unbranched alkanes of at least 4 members (excludes halogenated alkanes) is 1. The van der Waals surface area contributed by atoms with Gasteiger partial charge in [0.2, 0.25) is 0 Å². The van der Waals surface area contributed by atoms with Crippen LogP contribution in [0.25, 0.3) is 0 Å². The van der Waals surface area contributed by atoms with Crippen molar-refractivity contribution in [1.82, 2.24) is 5.48 Å². The first-order valence-corrected chi connectivity index (χ1v) is 9.59. The van der Waals surface area contributed by atoms with E-state index in [1.807, 2.05) is 24.3 Å². The van der Waals surface area contributed by atoms with Gasteiger partial charge in [-0.15, -0.1) is 0 Å². The summed E-state index contributed by atoms with van der Waals surface area (Å²) in [5, 5.41) is 20.1. The molecule has 0 saturated carbocycles. The molecule has 0 aromatic heterocycles. The van der Waals surface area contributed by atoms with E-state index in [0.29, 0.717) is 30.7 Å². The molecule has 0 aliphatic rings. The Morgan fingerprint density at radius 2 is 1.90 bits per heavy atom. The molecule has 0 spiro atoms. The second-order valence-electron chi connectivity index (χ2n) is 6.34. The SMILES string of the molecule is O=C(/C=C/CCC[C@@H](OC(=O)Nc1ccccc1)c1cccc(OCCO)c1)NO. The summed E-state index contributed by atoms with van der Waals surface area (Å²) in [4.78, 5) is 23.4. The Balaban J connectivity index is 2.04. The molecule has 0 radical (unpaired) electrons. The van der Waals surface area contributed by atoms with Crippen LogP contribution in [0.1, 0.15) is 30.9 Å². The van der Waals surface area contributed by atoms with Crippen molar-refractivity contribution in [3.63, 3.8) is 0 Å². The Labute approximate surface area is 175 Å². The van der Waals surface area contributed by atoms with E-state index >= 15 is 0 Å². The van der Waals surface area contributed by atoms with E-state index in [2.05, 4.69) is 5.32 Å². The van der Waals surface area contributed by atoms with Gasteiger partial charge in [-0.05, 0) is 49.1 Å². The van der Waals surface area contributed by atoms with Crippen LogP contribution >= 0.6 is 0 Å². The summed E-state index contributed by atoms with van der Waals surface area (Å²) in [6, 6.07) is 16.1. The highest BCUT2D eigenvalue weighted by Crippen LogP contribution is 2.27. The number of carbonyl (C=O) groups excluding carboxylic acids is 2. The average molecular weight is 414 g/mol. The summed E-state index contributed by atoms with van der Waals surface area (Å²) in [6.07, 6.45) is 3.47. The third-order valence-corrected chi connectivity index (χ3v) is 4.08. The number of anilines is 1. The van der Waals surface area contributed by atoms with Gasteiger partial charge in [0.25, 0.3) is 5.91 Å². The first-order valence-electron chi connectivity index (χ1n) is 9.59. The molecular weight excluding hydrogens is 388 g/mol. The van der Waals surface area contributed by atoms with Crippen LogP contribution in [0, 0.1) is 0 Å². The topological polar surface area (TPSA) is 117 Å². The zero-order valence-electron chi connectivity index (χ0n) is 16.5. The fourth-order valence-electron chi connectivity index (χ4n) is 2.71. The molecule has 0 saturated heterocycles. The summed E-state index contributed by atoms with van der Waals surface area (Å²) in [5.41, 5.74) is 2.91. The molecule has 2 aromatic carbocycles. The van der Waals surface area contributed by atoms with Crippen LogP contribution in [-0.4, -0.2) is 35.5 Å². The van der Waals surface area contributed by atoms with Gasteiger partial charge in [-0.25, -0.2) is 10.3 Å². The van der Waals surface area contributed by atoms with Crippen molar-refractivity contribution in [2.45, 2.75) is 25.4 Å². The quantitative estimate of drug-likeness (QED) is 0.193. The Morgan fingerprint density at radius 3 is 2.63 bits per heavy atom. The number of amides is 2. The van der Waals surface area contributed by atoms with Crippen LogP contribution in [-0.2, 0) is 9.53 Å². The Kier molecular flexibility index (Phi) is 9.91. The fraction of sp³-hybridized carbons (Fsp3) is 0.273. The molecule has 0 unspecified atom stereocenters. The third kappa shape index (κ3) is 8.34. The number of ether oxygens (including phenoxy) is 2. The summed E-state index contributed by atoms with van der Waals surface area (Å²) in [7, 11) is 0. The third-order valence-electron chi connectivity index (χ3n) is 4.08. The number of hydroxylamine groups is 1. The van der Waals surface area contributed by atoms with Gasteiger partial charge in [0.1, 0.15) is 18.5 Å². The Bertz CT molecular complexity index is 825. The molecule has 1 atom stereocenters. The number of hydrogen-bond donors (Lipinski definition) is 4. The van der Waals surface area contributed by atoms with E-state index in [1.54, 1.807) is 36.4 Å². The van der Waals surface area contributed by atoms with Crippen molar-refractivity contribution in [2.75, 3.05) is 18.5 Å². The molecule has 30 heavy (non-hydrogen) atoms. The number of hydrogen-bond acceptors (Lipinski definition) is 6. The molecule has 0 aliphatic carbocycles. The van der Waals surface area contributed by atoms with Crippen LogP contribution in [0.4, 0.5) is 10.5 Å². The van der Waals surface area contributed by atoms with Crippen LogP contribution in [0.3, 0.4) is 0 Å². The van der Waals surface area contributed by atoms with Crippen LogP contribution in [0.15, 0.2) is 66.7 Å². The van der Waals surface area contributed by atoms with Crippen molar-refractivity contribution in [3.05, 3.63) is 72.3 Å². The summed E-state index contributed by atoms with van der Waals surface area (Å²) in [5.74, 6) is -0.0306. The van der Waals surface area contributed by atoms with Crippen LogP contribution < -0.4 is 15.5 Å². The molecule has 0 aliphatic heterocycles. The fourth-order valence-corrected chi connectivity index (χ4v) is 2.71.